The zero-order valence-corrected chi connectivity index (χ0v) is 27.7. The van der Waals surface area contributed by atoms with Crippen LogP contribution in [-0.4, -0.2) is 74.0 Å². The number of nitrogens with zero attached hydrogens (tertiary/aromatic N) is 5. The summed E-state index contributed by atoms with van der Waals surface area (Å²) < 4.78 is 0. The molecule has 236 valence electrons. The second-order valence-electron chi connectivity index (χ2n) is 11.1. The number of nitrogen functional groups attached to an aromatic ring is 1. The molecule has 2 atom stereocenters. The summed E-state index contributed by atoms with van der Waals surface area (Å²) in [6, 6.07) is 4.11. The number of hydrogen-bond acceptors (Lipinski definition) is 11. The van der Waals surface area contributed by atoms with Gasteiger partial charge in [0.15, 0.2) is 10.8 Å². The number of aromatic nitrogens is 1. The Morgan fingerprint density at radius 2 is 2.00 bits per heavy atom. The largest absolute Gasteiger partial charge is 1.00 e. The summed E-state index contributed by atoms with van der Waals surface area (Å²) in [4.78, 5) is 75.2. The number of hydrogen-bond donors (Lipinski definition) is 3. The normalized spacial score (nSPS) is 22.4. The van der Waals surface area contributed by atoms with Crippen LogP contribution in [0.1, 0.15) is 52.1 Å². The number of carboxylic acids is 1. The number of benzene rings is 1. The molecular weight excluding hydrogens is 629 g/mol. The van der Waals surface area contributed by atoms with E-state index >= 15 is 0 Å². The van der Waals surface area contributed by atoms with Gasteiger partial charge in [0.1, 0.15) is 23.5 Å². The van der Waals surface area contributed by atoms with Gasteiger partial charge < -0.3 is 27.3 Å². The number of β-lactam (4-membered cyclic amide) rings is 1. The Hall–Kier alpha value is -4.12. The Bertz CT molecular complexity index is 1710. The molecule has 3 amide bonds. The molecule has 4 N–H and O–H groups in total. The summed E-state index contributed by atoms with van der Waals surface area (Å²) in [5.74, 6) is -3.03. The standard InChI is InChI=1S/C29H29N7O8S.Na.H/c30-29-31-20(14-45-29)22(33-44-19-6-1-2-7-19)25(37)32-23-21-9-8-15(24(28(40)41)35(21)27(23)39)12-16-10-11-34(26(16)38)17-4-3-5-18(13-17)36(42)43;;/h3-5,12-14,19,21,23H,1-2,6-11H2,(H2,30,31)(H,32,37)(H,40,41);;/q;+1;-1/b16-12?,33-22-;;/t21-,23+;;/m1../s1. The van der Waals surface area contributed by atoms with E-state index in [0.717, 1.165) is 41.9 Å². The van der Waals surface area contributed by atoms with Crippen molar-refractivity contribution >= 4 is 57.2 Å². The van der Waals surface area contributed by atoms with Crippen LogP contribution in [0.4, 0.5) is 16.5 Å². The van der Waals surface area contributed by atoms with Crippen LogP contribution in [0.15, 0.2) is 57.7 Å². The number of fused-ring (bicyclic) bond motifs is 1. The number of oxime groups is 1. The molecule has 1 aromatic carbocycles. The maximum Gasteiger partial charge on any atom is 1.00 e. The SMILES string of the molecule is Nc1nc(/C(=N/OC2CCCC2)C(=O)N[C@@H]2C(=O)N3C(C(=O)O)=C(C=C4CCN(c5cccc([N+](=O)[O-])c5)C4=O)CC[C@H]23)cs1.[H-].[Na+]. The number of nitrogens with one attached hydrogen (secondary N) is 1. The molecule has 3 fully saturated rings. The number of nitro benzene ring substituents is 1. The fourth-order valence-corrected chi connectivity index (χ4v) is 6.69. The number of non-ortho nitro benzene ring substituents is 1. The van der Waals surface area contributed by atoms with Gasteiger partial charge in [-0.3, -0.25) is 29.4 Å². The number of nitro groups is 1. The third-order valence-corrected chi connectivity index (χ3v) is 9.04. The van der Waals surface area contributed by atoms with Crippen LogP contribution in [0.25, 0.3) is 0 Å². The van der Waals surface area contributed by atoms with E-state index in [-0.39, 0.29) is 78.0 Å². The van der Waals surface area contributed by atoms with Crippen molar-refractivity contribution in [3.8, 4) is 0 Å². The predicted octanol–water partition coefficient (Wildman–Crippen LogP) is -0.395. The number of carbonyl (C=O) groups excluding carboxylic acids is 3. The molecule has 2 saturated heterocycles. The van der Waals surface area contributed by atoms with Crippen molar-refractivity contribution in [2.75, 3.05) is 17.2 Å². The zero-order chi connectivity index (χ0) is 31.8. The molecule has 46 heavy (non-hydrogen) atoms. The van der Waals surface area contributed by atoms with Crippen LogP contribution in [0.5, 0.6) is 0 Å². The molecule has 3 aliphatic heterocycles. The van der Waals surface area contributed by atoms with E-state index in [2.05, 4.69) is 15.5 Å². The van der Waals surface area contributed by atoms with Gasteiger partial charge in [-0.25, -0.2) is 9.78 Å². The number of anilines is 2. The first-order valence-corrected chi connectivity index (χ1v) is 15.3. The first-order valence-electron chi connectivity index (χ1n) is 14.4. The van der Waals surface area contributed by atoms with E-state index in [4.69, 9.17) is 10.6 Å². The molecule has 0 unspecified atom stereocenters. The molecule has 1 aliphatic carbocycles. The van der Waals surface area contributed by atoms with Crippen LogP contribution < -0.4 is 45.5 Å². The van der Waals surface area contributed by atoms with Gasteiger partial charge in [-0.05, 0) is 62.7 Å². The number of amides is 3. The molecule has 0 spiro atoms. The minimum absolute atomic E-state index is 0. The number of aliphatic carboxylic acids is 1. The number of thiazole rings is 1. The molecule has 4 heterocycles. The van der Waals surface area contributed by atoms with Crippen molar-refractivity contribution in [3.05, 3.63) is 68.4 Å². The van der Waals surface area contributed by atoms with E-state index in [1.165, 1.54) is 29.2 Å². The van der Waals surface area contributed by atoms with E-state index in [1.54, 1.807) is 11.4 Å². The molecule has 4 aliphatic rings. The fraction of sp³-hybridized carbons (Fsp3) is 0.379. The Kier molecular flexibility index (Phi) is 9.91. The summed E-state index contributed by atoms with van der Waals surface area (Å²) in [5.41, 5.74) is 6.46. The third-order valence-electron chi connectivity index (χ3n) is 8.36. The molecule has 0 radical (unpaired) electrons. The molecule has 1 saturated carbocycles. The number of carbonyl (C=O) groups is 4. The van der Waals surface area contributed by atoms with Gasteiger partial charge in [-0.15, -0.1) is 11.3 Å². The second kappa shape index (κ2) is 13.7. The van der Waals surface area contributed by atoms with Gasteiger partial charge in [-0.2, -0.15) is 0 Å². The Balaban J connectivity index is 0.00000250. The Labute approximate surface area is 290 Å². The first kappa shape index (κ1) is 33.2. The predicted molar refractivity (Wildman–Crippen MR) is 162 cm³/mol. The first-order chi connectivity index (χ1) is 21.6. The van der Waals surface area contributed by atoms with Crippen molar-refractivity contribution in [1.29, 1.82) is 0 Å². The quantitative estimate of drug-likeness (QED) is 0.0792. The summed E-state index contributed by atoms with van der Waals surface area (Å²) in [5, 5.41) is 29.8. The van der Waals surface area contributed by atoms with Crippen molar-refractivity contribution in [2.24, 2.45) is 5.16 Å². The zero-order valence-electron chi connectivity index (χ0n) is 25.9. The number of nitrogens with two attached hydrogens (primary N) is 1. The van der Waals surface area contributed by atoms with Crippen molar-refractivity contribution < 1.29 is 65.0 Å². The van der Waals surface area contributed by atoms with Gasteiger partial charge in [-0.1, -0.05) is 11.2 Å². The third kappa shape index (κ3) is 6.42. The van der Waals surface area contributed by atoms with Crippen molar-refractivity contribution in [1.82, 2.24) is 15.2 Å². The van der Waals surface area contributed by atoms with Crippen LogP contribution in [0.2, 0.25) is 0 Å². The minimum Gasteiger partial charge on any atom is -1.00 e. The molecule has 15 nitrogen and oxygen atoms in total. The van der Waals surface area contributed by atoms with Crippen LogP contribution in [-0.2, 0) is 24.0 Å². The van der Waals surface area contributed by atoms with Crippen molar-refractivity contribution in [2.45, 2.75) is 63.1 Å². The van der Waals surface area contributed by atoms with Gasteiger partial charge >= 0.3 is 35.5 Å². The second-order valence-corrected chi connectivity index (χ2v) is 12.0. The van der Waals surface area contributed by atoms with Gasteiger partial charge in [0.05, 0.1) is 16.7 Å². The van der Waals surface area contributed by atoms with Gasteiger partial charge in [0.2, 0.25) is 0 Å². The number of rotatable bonds is 9. The summed E-state index contributed by atoms with van der Waals surface area (Å²) in [6.07, 6.45) is 5.88. The Morgan fingerprint density at radius 3 is 2.67 bits per heavy atom. The molecule has 17 heteroatoms. The average Bonchev–Trinajstić information content (AvgIpc) is 3.78. The molecule has 6 rings (SSSR count). The van der Waals surface area contributed by atoms with Gasteiger partial charge in [0.25, 0.3) is 23.4 Å². The molecule has 0 bridgehead atoms. The van der Waals surface area contributed by atoms with E-state index < -0.39 is 40.7 Å². The van der Waals surface area contributed by atoms with Crippen molar-refractivity contribution in [3.63, 3.8) is 0 Å². The average molecular weight is 660 g/mol. The molecular formula is C29H30N7NaO8S. The fourth-order valence-electron chi connectivity index (χ4n) is 6.14. The number of carboxylic acid groups (broad SMARTS) is 1. The summed E-state index contributed by atoms with van der Waals surface area (Å²) in [7, 11) is 0. The van der Waals surface area contributed by atoms with Crippen LogP contribution >= 0.6 is 11.3 Å². The van der Waals surface area contributed by atoms with E-state index in [0.29, 0.717) is 29.7 Å². The number of allylic oxidation sites excluding steroid dienone is 2. The maximum absolute atomic E-state index is 13.3. The summed E-state index contributed by atoms with van der Waals surface area (Å²) >= 11 is 1.13. The maximum atomic E-state index is 13.3. The van der Waals surface area contributed by atoms with Crippen LogP contribution in [0.3, 0.4) is 0 Å². The van der Waals surface area contributed by atoms with E-state index in [1.807, 2.05) is 0 Å². The minimum atomic E-state index is -1.34. The monoisotopic (exact) mass is 659 g/mol. The van der Waals surface area contributed by atoms with Crippen LogP contribution in [0, 0.1) is 10.1 Å². The molecule has 2 aromatic rings. The van der Waals surface area contributed by atoms with E-state index in [9.17, 15) is 34.4 Å². The van der Waals surface area contributed by atoms with Gasteiger partial charge in [0, 0.05) is 29.6 Å². The smallest absolute Gasteiger partial charge is 1.00 e. The Morgan fingerprint density at radius 1 is 1.24 bits per heavy atom. The topological polar surface area (TPSA) is 211 Å². The summed E-state index contributed by atoms with van der Waals surface area (Å²) in [6.45, 7) is 0.264. The molecule has 1 aromatic heterocycles.